The normalized spacial score (nSPS) is 12.3. The minimum Gasteiger partial charge on any atom is -0.354 e. The molecule has 0 atom stereocenters. The molecule has 0 unspecified atom stereocenters. The van der Waals surface area contributed by atoms with E-state index in [4.69, 9.17) is 0 Å². The number of anilines is 2. The molecule has 0 radical (unpaired) electrons. The molecule has 0 saturated heterocycles. The van der Waals surface area contributed by atoms with Gasteiger partial charge in [-0.15, -0.1) is 0 Å². The Morgan fingerprint density at radius 3 is 2.08 bits per heavy atom. The van der Waals surface area contributed by atoms with Gasteiger partial charge in [0.1, 0.15) is 0 Å². The maximum atomic E-state index is 3.66. The third kappa shape index (κ3) is 1.67. The van der Waals surface area contributed by atoms with E-state index in [-0.39, 0.29) is 0 Å². The van der Waals surface area contributed by atoms with Crippen LogP contribution in [0.3, 0.4) is 0 Å². The minimum absolute atomic E-state index is 1.19. The van der Waals surface area contributed by atoms with Crippen LogP contribution in [0.2, 0.25) is 0 Å². The highest BCUT2D eigenvalue weighted by Crippen LogP contribution is 2.49. The third-order valence-electron chi connectivity index (χ3n) is 5.34. The van der Waals surface area contributed by atoms with Gasteiger partial charge in [-0.3, -0.25) is 0 Å². The second-order valence-corrected chi connectivity index (χ2v) is 6.71. The highest BCUT2D eigenvalue weighted by molar-refractivity contribution is 6.24. The molecule has 0 aliphatic carbocycles. The van der Waals surface area contributed by atoms with Crippen LogP contribution < -0.4 is 5.32 Å². The SMILES string of the molecule is c1ccc2c3c(ccc2c1)Nc1cccc2cc4ccccc4c-3c12. The van der Waals surface area contributed by atoms with Crippen LogP contribution >= 0.6 is 0 Å². The van der Waals surface area contributed by atoms with Crippen LogP contribution in [0.25, 0.3) is 43.4 Å². The van der Waals surface area contributed by atoms with Crippen LogP contribution in [-0.4, -0.2) is 0 Å². The number of nitrogens with one attached hydrogen (secondary N) is 1. The van der Waals surface area contributed by atoms with Gasteiger partial charge in [-0.1, -0.05) is 66.7 Å². The molecule has 6 rings (SSSR count). The molecule has 0 saturated carbocycles. The molecule has 1 N–H and O–H groups in total. The molecule has 1 aliphatic heterocycles. The van der Waals surface area contributed by atoms with Gasteiger partial charge in [-0.2, -0.15) is 0 Å². The van der Waals surface area contributed by atoms with Crippen LogP contribution in [-0.2, 0) is 0 Å². The molecule has 5 aromatic carbocycles. The summed E-state index contributed by atoms with van der Waals surface area (Å²) in [6.45, 7) is 0. The van der Waals surface area contributed by atoms with E-state index >= 15 is 0 Å². The number of rotatable bonds is 0. The summed E-state index contributed by atoms with van der Waals surface area (Å²) >= 11 is 0. The van der Waals surface area contributed by atoms with E-state index in [1.807, 2.05) is 0 Å². The standard InChI is InChI=1S/C24H15N/c1-3-9-18-15(6-1)12-13-21-23(18)24-19-10-4-2-7-16(19)14-17-8-5-11-20(25-21)22(17)24/h1-14,25H. The first-order valence-corrected chi connectivity index (χ1v) is 8.64. The third-order valence-corrected chi connectivity index (χ3v) is 5.34. The lowest BCUT2D eigenvalue weighted by molar-refractivity contribution is 1.57. The van der Waals surface area contributed by atoms with Gasteiger partial charge in [0.05, 0.1) is 0 Å². The first-order chi connectivity index (χ1) is 12.4. The summed E-state index contributed by atoms with van der Waals surface area (Å²) in [5.41, 5.74) is 5.06. The maximum absolute atomic E-state index is 3.66. The zero-order valence-corrected chi connectivity index (χ0v) is 13.6. The highest BCUT2D eigenvalue weighted by Gasteiger charge is 2.22. The summed E-state index contributed by atoms with van der Waals surface area (Å²) in [7, 11) is 0. The molecule has 0 bridgehead atoms. The second kappa shape index (κ2) is 4.61. The molecule has 1 heteroatoms. The van der Waals surface area contributed by atoms with Crippen LogP contribution in [0.15, 0.2) is 84.9 Å². The van der Waals surface area contributed by atoms with Crippen LogP contribution in [0.1, 0.15) is 0 Å². The van der Waals surface area contributed by atoms with Crippen molar-refractivity contribution in [3.8, 4) is 11.1 Å². The molecule has 0 aromatic heterocycles. The van der Waals surface area contributed by atoms with Crippen LogP contribution in [0, 0.1) is 0 Å². The predicted molar refractivity (Wildman–Crippen MR) is 108 cm³/mol. The maximum Gasteiger partial charge on any atom is 0.0471 e. The fraction of sp³-hybridized carbons (Fsp3) is 0. The lowest BCUT2D eigenvalue weighted by atomic mass is 9.85. The quantitative estimate of drug-likeness (QED) is 0.301. The van der Waals surface area contributed by atoms with Crippen molar-refractivity contribution >= 4 is 43.7 Å². The van der Waals surface area contributed by atoms with Crippen molar-refractivity contribution in [2.24, 2.45) is 0 Å². The first kappa shape index (κ1) is 13.0. The Hall–Kier alpha value is -3.32. The van der Waals surface area contributed by atoms with Crippen molar-refractivity contribution in [2.45, 2.75) is 0 Å². The minimum atomic E-state index is 1.19. The van der Waals surface area contributed by atoms with Crippen molar-refractivity contribution in [3.05, 3.63) is 84.9 Å². The molecule has 25 heavy (non-hydrogen) atoms. The van der Waals surface area contributed by atoms with E-state index in [1.54, 1.807) is 0 Å². The monoisotopic (exact) mass is 317 g/mol. The fourth-order valence-corrected chi connectivity index (χ4v) is 4.28. The molecular formula is C24H15N. The number of fused-ring (bicyclic) bond motifs is 6. The van der Waals surface area contributed by atoms with Gasteiger partial charge in [0.15, 0.2) is 0 Å². The summed E-state index contributed by atoms with van der Waals surface area (Å²) in [6.07, 6.45) is 0. The second-order valence-electron chi connectivity index (χ2n) is 6.71. The van der Waals surface area contributed by atoms with E-state index in [9.17, 15) is 0 Å². The summed E-state index contributed by atoms with van der Waals surface area (Å²) in [6, 6.07) is 30.6. The Morgan fingerprint density at radius 2 is 1.20 bits per heavy atom. The molecule has 5 aromatic rings. The smallest absolute Gasteiger partial charge is 0.0471 e. The first-order valence-electron chi connectivity index (χ1n) is 8.64. The van der Waals surface area contributed by atoms with Gasteiger partial charge in [-0.05, 0) is 45.1 Å². The van der Waals surface area contributed by atoms with Gasteiger partial charge < -0.3 is 5.32 Å². The fourth-order valence-electron chi connectivity index (χ4n) is 4.28. The molecule has 0 amide bonds. The molecule has 1 nitrogen and oxygen atoms in total. The summed E-state index contributed by atoms with van der Waals surface area (Å²) < 4.78 is 0. The molecular weight excluding hydrogens is 302 g/mol. The predicted octanol–water partition coefficient (Wildman–Crippen LogP) is 6.87. The Balaban J connectivity index is 1.94. The van der Waals surface area contributed by atoms with Crippen molar-refractivity contribution in [1.29, 1.82) is 0 Å². The van der Waals surface area contributed by atoms with Gasteiger partial charge in [0.2, 0.25) is 0 Å². The highest BCUT2D eigenvalue weighted by atomic mass is 14.9. The van der Waals surface area contributed by atoms with E-state index < -0.39 is 0 Å². The van der Waals surface area contributed by atoms with E-state index in [1.165, 1.54) is 54.8 Å². The molecule has 0 spiro atoms. The van der Waals surface area contributed by atoms with E-state index in [0.29, 0.717) is 0 Å². The average Bonchev–Trinajstić information content (AvgIpc) is 2.67. The Morgan fingerprint density at radius 1 is 0.480 bits per heavy atom. The van der Waals surface area contributed by atoms with Crippen molar-refractivity contribution in [3.63, 3.8) is 0 Å². The van der Waals surface area contributed by atoms with Crippen LogP contribution in [0.5, 0.6) is 0 Å². The Bertz CT molecular complexity index is 1310. The lowest BCUT2D eigenvalue weighted by Crippen LogP contribution is -2.02. The molecule has 1 heterocycles. The summed E-state index contributed by atoms with van der Waals surface area (Å²) in [5.74, 6) is 0. The molecule has 116 valence electrons. The zero-order valence-electron chi connectivity index (χ0n) is 13.6. The largest absolute Gasteiger partial charge is 0.354 e. The zero-order chi connectivity index (χ0) is 16.4. The molecule has 0 fully saturated rings. The van der Waals surface area contributed by atoms with Gasteiger partial charge in [0, 0.05) is 27.9 Å². The van der Waals surface area contributed by atoms with E-state index in [0.717, 1.165) is 0 Å². The van der Waals surface area contributed by atoms with Crippen molar-refractivity contribution in [2.75, 3.05) is 5.32 Å². The number of benzene rings is 5. The summed E-state index contributed by atoms with van der Waals surface area (Å²) in [5, 5.41) is 11.5. The topological polar surface area (TPSA) is 12.0 Å². The van der Waals surface area contributed by atoms with Gasteiger partial charge in [0.25, 0.3) is 0 Å². The summed E-state index contributed by atoms with van der Waals surface area (Å²) in [4.78, 5) is 0. The number of hydrogen-bond donors (Lipinski definition) is 1. The Kier molecular flexibility index (Phi) is 2.40. The van der Waals surface area contributed by atoms with Crippen molar-refractivity contribution < 1.29 is 0 Å². The lowest BCUT2D eigenvalue weighted by Gasteiger charge is -2.25. The van der Waals surface area contributed by atoms with E-state index in [2.05, 4.69) is 90.2 Å². The number of hydrogen-bond acceptors (Lipinski definition) is 1. The average molecular weight is 317 g/mol. The molecule has 1 aliphatic rings. The van der Waals surface area contributed by atoms with Crippen LogP contribution in [0.4, 0.5) is 11.4 Å². The Labute approximate surface area is 145 Å². The van der Waals surface area contributed by atoms with Crippen molar-refractivity contribution in [1.82, 2.24) is 0 Å². The van der Waals surface area contributed by atoms with Gasteiger partial charge in [-0.25, -0.2) is 0 Å². The van der Waals surface area contributed by atoms with Gasteiger partial charge >= 0.3 is 0 Å².